The molecule has 1 heterocycles. The van der Waals surface area contributed by atoms with E-state index in [-0.39, 0.29) is 23.8 Å². The van der Waals surface area contributed by atoms with Gasteiger partial charge in [0, 0.05) is 24.1 Å². The maximum atomic E-state index is 15.6. The second kappa shape index (κ2) is 7.54. The Morgan fingerprint density at radius 1 is 1.00 bits per heavy atom. The van der Waals surface area contributed by atoms with E-state index in [9.17, 15) is 8.42 Å². The average molecular weight is 412 g/mol. The second-order valence-electron chi connectivity index (χ2n) is 8.20. The van der Waals surface area contributed by atoms with Crippen LogP contribution < -0.4 is 0 Å². The third kappa shape index (κ3) is 3.69. The van der Waals surface area contributed by atoms with Crippen LogP contribution in [0.3, 0.4) is 0 Å². The summed E-state index contributed by atoms with van der Waals surface area (Å²) < 4.78 is 43.6. The molecule has 1 spiro atoms. The van der Waals surface area contributed by atoms with Gasteiger partial charge in [0.2, 0.25) is 10.0 Å². The van der Waals surface area contributed by atoms with Crippen molar-refractivity contribution in [2.45, 2.75) is 38.0 Å². The molecule has 0 N–H and O–H groups in total. The van der Waals surface area contributed by atoms with Crippen molar-refractivity contribution < 1.29 is 12.8 Å². The highest BCUT2D eigenvalue weighted by atomic mass is 32.2. The van der Waals surface area contributed by atoms with Crippen molar-refractivity contribution in [3.05, 3.63) is 82.9 Å². The van der Waals surface area contributed by atoms with Gasteiger partial charge in [-0.2, -0.15) is 4.31 Å². The van der Waals surface area contributed by atoms with E-state index in [1.54, 1.807) is 36.4 Å². The number of benzene rings is 2. The summed E-state index contributed by atoms with van der Waals surface area (Å²) in [5.41, 5.74) is 2.59. The van der Waals surface area contributed by atoms with Gasteiger partial charge in [-0.05, 0) is 50.8 Å². The number of sulfonamides is 1. The summed E-state index contributed by atoms with van der Waals surface area (Å²) >= 11 is 0. The Hall–Kier alpha value is -2.24. The summed E-state index contributed by atoms with van der Waals surface area (Å²) in [4.78, 5) is 0.259. The average Bonchev–Trinajstić information content (AvgIpc) is 3.08. The first-order valence-corrected chi connectivity index (χ1v) is 11.5. The van der Waals surface area contributed by atoms with Gasteiger partial charge < -0.3 is 0 Å². The zero-order chi connectivity index (χ0) is 20.6. The van der Waals surface area contributed by atoms with Gasteiger partial charge in [0.15, 0.2) is 0 Å². The number of hydrogen-bond acceptors (Lipinski definition) is 2. The maximum absolute atomic E-state index is 15.6. The normalized spacial score (nSPS) is 24.2. The molecule has 0 amide bonds. The van der Waals surface area contributed by atoms with E-state index < -0.39 is 15.4 Å². The minimum atomic E-state index is -3.69. The van der Waals surface area contributed by atoms with E-state index >= 15 is 4.39 Å². The molecule has 1 aliphatic heterocycles. The molecule has 0 bridgehead atoms. The Labute approximate surface area is 172 Å². The van der Waals surface area contributed by atoms with E-state index in [1.807, 2.05) is 32.1 Å². The van der Waals surface area contributed by atoms with Gasteiger partial charge >= 0.3 is 0 Å². The third-order valence-electron chi connectivity index (χ3n) is 6.05. The quantitative estimate of drug-likeness (QED) is 0.633. The summed E-state index contributed by atoms with van der Waals surface area (Å²) in [6, 6.07) is 14.2. The van der Waals surface area contributed by atoms with Gasteiger partial charge in [-0.15, -0.1) is 0 Å². The summed E-state index contributed by atoms with van der Waals surface area (Å²) in [7, 11) is -3.69. The lowest BCUT2D eigenvalue weighted by Crippen LogP contribution is -2.32. The van der Waals surface area contributed by atoms with Gasteiger partial charge in [-0.25, -0.2) is 12.8 Å². The first-order chi connectivity index (χ1) is 13.8. The topological polar surface area (TPSA) is 37.4 Å². The number of allylic oxidation sites excluding steroid dienone is 1. The second-order valence-corrected chi connectivity index (χ2v) is 10.1. The standard InChI is InChI=1S/C24H26FNO2S/c1-18-6-10-20(11-7-18)23(25)22-16-26(17-24(22)14-4-3-5-15-24)29(27,28)21-12-8-19(2)9-13-21/h4,6-14H,3,5,15-17H2,1-2H3/b23-22+. The molecule has 0 radical (unpaired) electrons. The Morgan fingerprint density at radius 2 is 1.62 bits per heavy atom. The lowest BCUT2D eigenvalue weighted by atomic mass is 9.74. The van der Waals surface area contributed by atoms with Crippen LogP contribution in [-0.2, 0) is 10.0 Å². The van der Waals surface area contributed by atoms with Crippen molar-refractivity contribution in [2.24, 2.45) is 5.41 Å². The van der Waals surface area contributed by atoms with Gasteiger partial charge in [0.05, 0.1) is 4.90 Å². The molecule has 2 aromatic carbocycles. The van der Waals surface area contributed by atoms with Crippen molar-refractivity contribution in [1.82, 2.24) is 4.31 Å². The molecule has 1 atom stereocenters. The van der Waals surface area contributed by atoms with Crippen LogP contribution in [0.25, 0.3) is 5.83 Å². The minimum Gasteiger partial charge on any atom is -0.207 e. The lowest BCUT2D eigenvalue weighted by molar-refractivity contribution is 0.370. The van der Waals surface area contributed by atoms with Gasteiger partial charge in [-0.1, -0.05) is 59.7 Å². The molecule has 152 valence electrons. The lowest BCUT2D eigenvalue weighted by Gasteiger charge is -2.30. The van der Waals surface area contributed by atoms with Crippen LogP contribution in [-0.4, -0.2) is 25.8 Å². The third-order valence-corrected chi connectivity index (χ3v) is 7.86. The van der Waals surface area contributed by atoms with E-state index in [0.717, 1.165) is 30.4 Å². The van der Waals surface area contributed by atoms with Gasteiger partial charge in [-0.3, -0.25) is 0 Å². The van der Waals surface area contributed by atoms with Crippen LogP contribution in [0.15, 0.2) is 71.2 Å². The predicted octanol–water partition coefficient (Wildman–Crippen LogP) is 5.42. The van der Waals surface area contributed by atoms with E-state index in [2.05, 4.69) is 6.08 Å². The Balaban J connectivity index is 1.78. The molecule has 1 fully saturated rings. The van der Waals surface area contributed by atoms with E-state index in [4.69, 9.17) is 0 Å². The van der Waals surface area contributed by atoms with Crippen LogP contribution in [0.2, 0.25) is 0 Å². The molecule has 0 aromatic heterocycles. The molecule has 3 nitrogen and oxygen atoms in total. The molecule has 1 aliphatic carbocycles. The van der Waals surface area contributed by atoms with Crippen molar-refractivity contribution in [3.8, 4) is 0 Å². The summed E-state index contributed by atoms with van der Waals surface area (Å²) in [5.74, 6) is -0.293. The minimum absolute atomic E-state index is 0.0836. The van der Waals surface area contributed by atoms with Gasteiger partial charge in [0.25, 0.3) is 0 Å². The van der Waals surface area contributed by atoms with E-state index in [1.165, 1.54) is 4.31 Å². The van der Waals surface area contributed by atoms with Crippen molar-refractivity contribution in [3.63, 3.8) is 0 Å². The molecule has 1 unspecified atom stereocenters. The summed E-state index contributed by atoms with van der Waals surface area (Å²) in [6.07, 6.45) is 6.74. The molecule has 2 aromatic rings. The van der Waals surface area contributed by atoms with Crippen LogP contribution in [0.4, 0.5) is 4.39 Å². The number of nitrogens with zero attached hydrogens (tertiary/aromatic N) is 1. The first-order valence-electron chi connectivity index (χ1n) is 10.0. The summed E-state index contributed by atoms with van der Waals surface area (Å²) in [5, 5.41) is 0. The molecule has 2 aliphatic rings. The molecule has 0 saturated carbocycles. The molecular formula is C24H26FNO2S. The van der Waals surface area contributed by atoms with Crippen LogP contribution in [0.5, 0.6) is 0 Å². The largest absolute Gasteiger partial charge is 0.243 e. The molecular weight excluding hydrogens is 385 g/mol. The van der Waals surface area contributed by atoms with Crippen molar-refractivity contribution >= 4 is 15.9 Å². The van der Waals surface area contributed by atoms with Crippen molar-refractivity contribution in [1.29, 1.82) is 0 Å². The zero-order valence-corrected chi connectivity index (χ0v) is 17.7. The highest BCUT2D eigenvalue weighted by Crippen LogP contribution is 2.48. The Morgan fingerprint density at radius 3 is 2.21 bits per heavy atom. The molecule has 4 rings (SSSR count). The highest BCUT2D eigenvalue weighted by Gasteiger charge is 2.47. The maximum Gasteiger partial charge on any atom is 0.243 e. The number of rotatable bonds is 3. The smallest absolute Gasteiger partial charge is 0.207 e. The fraction of sp³-hybridized carbons (Fsp3) is 0.333. The van der Waals surface area contributed by atoms with E-state index in [0.29, 0.717) is 11.1 Å². The molecule has 29 heavy (non-hydrogen) atoms. The SMILES string of the molecule is Cc1ccc(/C(F)=C2/CN(S(=O)(=O)c3ccc(C)cc3)CC23C=CCCC3)cc1. The van der Waals surface area contributed by atoms with Crippen LogP contribution >= 0.6 is 0 Å². The highest BCUT2D eigenvalue weighted by molar-refractivity contribution is 7.89. The van der Waals surface area contributed by atoms with Crippen LogP contribution in [0, 0.1) is 19.3 Å². The number of hydrogen-bond donors (Lipinski definition) is 0. The van der Waals surface area contributed by atoms with Crippen LogP contribution in [0.1, 0.15) is 36.0 Å². The first kappa shape index (κ1) is 20.0. The fourth-order valence-electron chi connectivity index (χ4n) is 4.30. The summed E-state index contributed by atoms with van der Waals surface area (Å²) in [6.45, 7) is 4.26. The predicted molar refractivity (Wildman–Crippen MR) is 115 cm³/mol. The molecule has 5 heteroatoms. The number of aryl methyl sites for hydroxylation is 2. The molecule has 1 saturated heterocycles. The fourth-order valence-corrected chi connectivity index (χ4v) is 5.78. The monoisotopic (exact) mass is 411 g/mol. The zero-order valence-electron chi connectivity index (χ0n) is 16.9. The number of halogens is 1. The van der Waals surface area contributed by atoms with Gasteiger partial charge in [0.1, 0.15) is 5.83 Å². The Kier molecular flexibility index (Phi) is 5.21. The Bertz CT molecular complexity index is 1070. The van der Waals surface area contributed by atoms with Crippen molar-refractivity contribution in [2.75, 3.05) is 13.1 Å².